The molecule has 3 aliphatic heterocycles. The van der Waals surface area contributed by atoms with Gasteiger partial charge in [0.25, 0.3) is 5.91 Å². The predicted octanol–water partition coefficient (Wildman–Crippen LogP) is 2.85. The summed E-state index contributed by atoms with van der Waals surface area (Å²) < 4.78 is 19.8. The largest absolute Gasteiger partial charge is 0.508 e. The molecule has 4 amide bonds. The number of carbonyl (C=O) groups excluding carboxylic acids is 3. The van der Waals surface area contributed by atoms with Crippen LogP contribution in [-0.2, 0) is 16.0 Å². The SMILES string of the molecule is COc1cc2c3c([nH]c2cc1F)C(c1cccc(O)c1)N1C(=O)N(CCN2CCN(C(C)=O)CC2)C(=O)C1(C)C3. The third kappa shape index (κ3) is 3.98. The Balaban J connectivity index is 1.37. The molecule has 2 fully saturated rings. The summed E-state index contributed by atoms with van der Waals surface area (Å²) in [7, 11) is 1.40. The second-order valence-electron chi connectivity index (χ2n) is 11.0. The van der Waals surface area contributed by atoms with Crippen molar-refractivity contribution in [2.75, 3.05) is 46.4 Å². The highest BCUT2D eigenvalue weighted by molar-refractivity contribution is 6.08. The smallest absolute Gasteiger partial charge is 0.328 e. The van der Waals surface area contributed by atoms with E-state index in [1.54, 1.807) is 47.9 Å². The quantitative estimate of drug-likeness (QED) is 0.474. The molecule has 2 N–H and O–H groups in total. The molecule has 10 nitrogen and oxygen atoms in total. The Hall–Kier alpha value is -4.12. The van der Waals surface area contributed by atoms with Gasteiger partial charge in [0, 0.05) is 75.3 Å². The van der Waals surface area contributed by atoms with Gasteiger partial charge >= 0.3 is 6.03 Å². The summed E-state index contributed by atoms with van der Waals surface area (Å²) in [4.78, 5) is 49.9. The Morgan fingerprint density at radius 3 is 2.58 bits per heavy atom. The van der Waals surface area contributed by atoms with E-state index in [-0.39, 0.29) is 36.3 Å². The number of H-pyrrole nitrogens is 1. The van der Waals surface area contributed by atoms with Gasteiger partial charge < -0.3 is 19.7 Å². The van der Waals surface area contributed by atoms with Gasteiger partial charge in [-0.15, -0.1) is 0 Å². The van der Waals surface area contributed by atoms with Crippen molar-refractivity contribution in [1.82, 2.24) is 24.6 Å². The molecule has 6 rings (SSSR count). The molecule has 40 heavy (non-hydrogen) atoms. The van der Waals surface area contributed by atoms with E-state index in [0.717, 1.165) is 10.9 Å². The zero-order valence-corrected chi connectivity index (χ0v) is 22.7. The van der Waals surface area contributed by atoms with E-state index in [4.69, 9.17) is 4.74 Å². The fourth-order valence-electron chi connectivity index (χ4n) is 6.44. The highest BCUT2D eigenvalue weighted by Crippen LogP contribution is 2.49. The lowest BCUT2D eigenvalue weighted by molar-refractivity contribution is -0.133. The monoisotopic (exact) mass is 549 g/mol. The molecule has 3 aliphatic rings. The van der Waals surface area contributed by atoms with E-state index in [9.17, 15) is 23.9 Å². The molecule has 2 atom stereocenters. The maximum absolute atomic E-state index is 14.6. The van der Waals surface area contributed by atoms with Crippen LogP contribution in [0.3, 0.4) is 0 Å². The molecule has 0 bridgehead atoms. The number of fused-ring (bicyclic) bond motifs is 4. The number of aromatic hydroxyl groups is 1. The minimum Gasteiger partial charge on any atom is -0.508 e. The number of benzene rings is 2. The third-order valence-corrected chi connectivity index (χ3v) is 8.58. The Morgan fingerprint density at radius 1 is 1.15 bits per heavy atom. The molecule has 0 radical (unpaired) electrons. The lowest BCUT2D eigenvalue weighted by atomic mass is 9.81. The van der Waals surface area contributed by atoms with Gasteiger partial charge in [0.2, 0.25) is 5.91 Å². The number of amides is 4. The summed E-state index contributed by atoms with van der Waals surface area (Å²) in [6, 6.07) is 8.51. The molecule has 0 aliphatic carbocycles. The number of phenols is 1. The minimum absolute atomic E-state index is 0.0367. The maximum Gasteiger partial charge on any atom is 0.328 e. The summed E-state index contributed by atoms with van der Waals surface area (Å²) in [5, 5.41) is 11.0. The van der Waals surface area contributed by atoms with Gasteiger partial charge in [-0.3, -0.25) is 24.3 Å². The highest BCUT2D eigenvalue weighted by atomic mass is 19.1. The topological polar surface area (TPSA) is 109 Å². The predicted molar refractivity (Wildman–Crippen MR) is 145 cm³/mol. The van der Waals surface area contributed by atoms with E-state index in [0.29, 0.717) is 49.5 Å². The molecule has 2 aromatic carbocycles. The standard InChI is InChI=1S/C29H32FN5O5/c1-17(36)33-10-7-32(8-11-33)9-12-34-27(38)29(2)16-21-20-14-24(40-3)22(30)15-23(20)31-25(21)26(35(29)28(34)39)18-5-4-6-19(37)13-18/h4-6,13-15,26,31,37H,7-12,16H2,1-3H3. The summed E-state index contributed by atoms with van der Waals surface area (Å²) in [6.07, 6.45) is 0.241. The zero-order valence-electron chi connectivity index (χ0n) is 22.7. The van der Waals surface area contributed by atoms with Crippen LogP contribution in [0.5, 0.6) is 11.5 Å². The number of phenolic OH excluding ortho intramolecular Hbond substituents is 1. The number of halogens is 1. The van der Waals surface area contributed by atoms with Crippen molar-refractivity contribution in [3.63, 3.8) is 0 Å². The molecule has 1 aromatic heterocycles. The molecule has 2 unspecified atom stereocenters. The number of rotatable bonds is 5. The van der Waals surface area contributed by atoms with Crippen LogP contribution in [0.4, 0.5) is 9.18 Å². The lowest BCUT2D eigenvalue weighted by Gasteiger charge is -2.42. The van der Waals surface area contributed by atoms with Crippen molar-refractivity contribution in [3.05, 3.63) is 59.0 Å². The first-order valence-electron chi connectivity index (χ1n) is 13.4. The normalized spacial score (nSPS) is 23.1. The second-order valence-corrected chi connectivity index (χ2v) is 11.0. The van der Waals surface area contributed by atoms with Gasteiger partial charge in [-0.2, -0.15) is 0 Å². The van der Waals surface area contributed by atoms with Crippen LogP contribution in [0.25, 0.3) is 10.9 Å². The van der Waals surface area contributed by atoms with Crippen molar-refractivity contribution >= 4 is 28.7 Å². The summed E-state index contributed by atoms with van der Waals surface area (Å²) >= 11 is 0. The summed E-state index contributed by atoms with van der Waals surface area (Å²) in [5.41, 5.74) is 1.47. The van der Waals surface area contributed by atoms with Crippen molar-refractivity contribution in [3.8, 4) is 11.5 Å². The Kier molecular flexibility index (Phi) is 6.21. The van der Waals surface area contributed by atoms with Crippen molar-refractivity contribution in [2.45, 2.75) is 31.8 Å². The fourth-order valence-corrected chi connectivity index (χ4v) is 6.44. The van der Waals surface area contributed by atoms with Crippen LogP contribution in [0.15, 0.2) is 36.4 Å². The third-order valence-electron chi connectivity index (χ3n) is 8.58. The number of methoxy groups -OCH3 is 1. The molecule has 3 aromatic rings. The number of hydrogen-bond acceptors (Lipinski definition) is 6. The summed E-state index contributed by atoms with van der Waals surface area (Å²) in [6.45, 7) is 6.66. The first-order valence-corrected chi connectivity index (χ1v) is 13.4. The van der Waals surface area contributed by atoms with E-state index in [1.165, 1.54) is 18.1 Å². The van der Waals surface area contributed by atoms with Gasteiger partial charge in [0.15, 0.2) is 11.6 Å². The zero-order chi connectivity index (χ0) is 28.3. The van der Waals surface area contributed by atoms with Gasteiger partial charge in [0.05, 0.1) is 7.11 Å². The van der Waals surface area contributed by atoms with Crippen LogP contribution in [0, 0.1) is 5.82 Å². The van der Waals surface area contributed by atoms with Crippen LogP contribution in [0.1, 0.15) is 36.7 Å². The van der Waals surface area contributed by atoms with E-state index < -0.39 is 23.4 Å². The average Bonchev–Trinajstić information content (AvgIpc) is 3.36. The second kappa shape index (κ2) is 9.51. The number of hydrogen-bond donors (Lipinski definition) is 2. The number of nitrogens with zero attached hydrogens (tertiary/aromatic N) is 4. The van der Waals surface area contributed by atoms with Crippen LogP contribution >= 0.6 is 0 Å². The lowest BCUT2D eigenvalue weighted by Crippen LogP contribution is -2.53. The highest BCUT2D eigenvalue weighted by Gasteiger charge is 2.60. The number of nitrogens with one attached hydrogen (secondary N) is 1. The van der Waals surface area contributed by atoms with E-state index in [2.05, 4.69) is 9.88 Å². The van der Waals surface area contributed by atoms with Crippen molar-refractivity contribution < 1.29 is 28.6 Å². The van der Waals surface area contributed by atoms with Crippen molar-refractivity contribution in [1.29, 1.82) is 0 Å². The molecule has 11 heteroatoms. The number of urea groups is 1. The number of aromatic nitrogens is 1. The maximum atomic E-state index is 14.6. The number of carbonyl (C=O) groups is 3. The van der Waals surface area contributed by atoms with Gasteiger partial charge in [-0.1, -0.05) is 12.1 Å². The Bertz CT molecular complexity index is 1530. The van der Waals surface area contributed by atoms with E-state index in [1.807, 2.05) is 6.07 Å². The molecule has 0 saturated carbocycles. The molecule has 2 saturated heterocycles. The Morgan fingerprint density at radius 2 is 1.90 bits per heavy atom. The number of imide groups is 1. The molecular weight excluding hydrogens is 517 g/mol. The van der Waals surface area contributed by atoms with Gasteiger partial charge in [-0.25, -0.2) is 9.18 Å². The first kappa shape index (κ1) is 26.1. The van der Waals surface area contributed by atoms with Crippen LogP contribution in [-0.4, -0.2) is 99.5 Å². The van der Waals surface area contributed by atoms with Gasteiger partial charge in [0.1, 0.15) is 17.3 Å². The molecule has 0 spiro atoms. The fraction of sp³-hybridized carbons (Fsp3) is 0.414. The number of piperazine rings is 1. The van der Waals surface area contributed by atoms with Gasteiger partial charge in [-0.05, 0) is 36.2 Å². The van der Waals surface area contributed by atoms with Crippen molar-refractivity contribution in [2.24, 2.45) is 0 Å². The minimum atomic E-state index is -1.19. The number of ether oxygens (including phenoxy) is 1. The van der Waals surface area contributed by atoms with Crippen LogP contribution in [0.2, 0.25) is 0 Å². The molecular formula is C29H32FN5O5. The number of aromatic amines is 1. The average molecular weight is 550 g/mol. The first-order chi connectivity index (χ1) is 19.1. The summed E-state index contributed by atoms with van der Waals surface area (Å²) in [5.74, 6) is -0.634. The Labute approximate surface area is 230 Å². The van der Waals surface area contributed by atoms with Crippen LogP contribution < -0.4 is 4.74 Å². The molecule has 4 heterocycles. The van der Waals surface area contributed by atoms with E-state index >= 15 is 0 Å². The molecule has 210 valence electrons.